The van der Waals surface area contributed by atoms with Gasteiger partial charge in [-0.05, 0) is 52.7 Å². The molecule has 4 heterocycles. The van der Waals surface area contributed by atoms with Crippen LogP contribution in [-0.4, -0.2) is 11.7 Å². The quantitative estimate of drug-likeness (QED) is 0.198. The Kier molecular flexibility index (Phi) is 6.30. The highest BCUT2D eigenvalue weighted by atomic mass is 16.3. The van der Waals surface area contributed by atoms with Crippen LogP contribution in [0.2, 0.25) is 0 Å². The highest BCUT2D eigenvalue weighted by molar-refractivity contribution is 6.24. The molecule has 55 heavy (non-hydrogen) atoms. The largest absolute Gasteiger partial charge is 0.456 e. The number of para-hydroxylation sites is 3. The normalized spacial score (nSPS) is 14.7. The number of hydrogen-bond acceptors (Lipinski definition) is 6. The number of benzene rings is 8. The molecule has 0 bridgehead atoms. The van der Waals surface area contributed by atoms with Gasteiger partial charge in [-0.25, -0.2) is 9.98 Å². The Morgan fingerprint density at radius 1 is 0.400 bits per heavy atom. The molecule has 1 atom stereocenters. The minimum absolute atomic E-state index is 0.589. The Hall–Kier alpha value is -7.44. The van der Waals surface area contributed by atoms with Gasteiger partial charge >= 0.3 is 0 Å². The van der Waals surface area contributed by atoms with E-state index in [1.54, 1.807) is 0 Å². The lowest BCUT2D eigenvalue weighted by Gasteiger charge is -2.23. The van der Waals surface area contributed by atoms with Gasteiger partial charge in [-0.2, -0.15) is 0 Å². The third-order valence-corrected chi connectivity index (χ3v) is 10.9. The first-order chi connectivity index (χ1) is 27.2. The van der Waals surface area contributed by atoms with E-state index in [0.29, 0.717) is 0 Å². The Balaban J connectivity index is 1.12. The van der Waals surface area contributed by atoms with Crippen LogP contribution in [0.3, 0.4) is 0 Å². The Bertz CT molecular complexity index is 3430. The smallest absolute Gasteiger partial charge is 0.170 e. The lowest BCUT2D eigenvalue weighted by molar-refractivity contribution is 0.668. The zero-order valence-corrected chi connectivity index (χ0v) is 29.3. The molecule has 0 amide bonds. The van der Waals surface area contributed by atoms with Crippen molar-refractivity contribution in [3.63, 3.8) is 0 Å². The van der Waals surface area contributed by atoms with Gasteiger partial charge in [0.25, 0.3) is 0 Å². The molecule has 1 aliphatic heterocycles. The van der Waals surface area contributed by atoms with Crippen LogP contribution in [0.1, 0.15) is 22.9 Å². The van der Waals surface area contributed by atoms with Gasteiger partial charge in [0.1, 0.15) is 45.2 Å². The molecule has 6 heteroatoms. The summed E-state index contributed by atoms with van der Waals surface area (Å²) in [5, 5.41) is 12.2. The van der Waals surface area contributed by atoms with E-state index < -0.39 is 6.17 Å². The molecule has 8 aromatic carbocycles. The highest BCUT2D eigenvalue weighted by Gasteiger charge is 2.28. The molecule has 1 unspecified atom stereocenters. The summed E-state index contributed by atoms with van der Waals surface area (Å²) in [5.41, 5.74) is 9.85. The summed E-state index contributed by atoms with van der Waals surface area (Å²) in [6, 6.07) is 56.2. The molecule has 0 radical (unpaired) electrons. The lowest BCUT2D eigenvalue weighted by Crippen LogP contribution is -2.36. The van der Waals surface area contributed by atoms with Crippen LogP contribution in [0, 0.1) is 0 Å². The monoisotopic (exact) mass is 707 g/mol. The number of nitrogens with zero attached hydrogens (tertiary/aromatic N) is 2. The van der Waals surface area contributed by atoms with Crippen LogP contribution in [-0.2, 0) is 0 Å². The third kappa shape index (κ3) is 4.55. The molecule has 3 aromatic heterocycles. The summed E-state index contributed by atoms with van der Waals surface area (Å²) >= 11 is 0. The maximum atomic E-state index is 6.82. The van der Waals surface area contributed by atoms with Gasteiger partial charge in [0, 0.05) is 54.6 Å². The number of hydrogen-bond donors (Lipinski definition) is 1. The molecule has 11 aromatic rings. The molecule has 0 saturated heterocycles. The molecule has 0 spiro atoms. The van der Waals surface area contributed by atoms with Gasteiger partial charge in [0.15, 0.2) is 6.17 Å². The molecule has 0 saturated carbocycles. The van der Waals surface area contributed by atoms with Crippen molar-refractivity contribution >= 4 is 88.3 Å². The van der Waals surface area contributed by atoms with Crippen molar-refractivity contribution in [1.29, 1.82) is 0 Å². The second-order valence-electron chi connectivity index (χ2n) is 14.1. The first kappa shape index (κ1) is 30.1. The summed E-state index contributed by atoms with van der Waals surface area (Å²) < 4.78 is 19.5. The molecule has 1 aliphatic rings. The van der Waals surface area contributed by atoms with Crippen molar-refractivity contribution < 1.29 is 13.3 Å². The van der Waals surface area contributed by atoms with Gasteiger partial charge < -0.3 is 18.6 Å². The van der Waals surface area contributed by atoms with Crippen LogP contribution in [0.5, 0.6) is 0 Å². The van der Waals surface area contributed by atoms with E-state index in [1.165, 1.54) is 5.39 Å². The SMILES string of the molecule is c1ccc2cc(C3=NC(c4ccc(-c5cccc6oc7ccccc7c56)c5oc6ccccc6c45)N=C(c4cccc5oc6ccccc6c45)N3)ccc2c1. The number of nitrogens with one attached hydrogen (secondary N) is 1. The summed E-state index contributed by atoms with van der Waals surface area (Å²) in [6.07, 6.45) is -0.589. The zero-order chi connectivity index (χ0) is 36.0. The fourth-order valence-corrected chi connectivity index (χ4v) is 8.46. The summed E-state index contributed by atoms with van der Waals surface area (Å²) in [4.78, 5) is 10.8. The second-order valence-corrected chi connectivity index (χ2v) is 14.1. The first-order valence-electron chi connectivity index (χ1n) is 18.4. The number of rotatable bonds is 4. The van der Waals surface area contributed by atoms with Crippen molar-refractivity contribution in [2.75, 3.05) is 0 Å². The van der Waals surface area contributed by atoms with Gasteiger partial charge in [0.05, 0.1) is 0 Å². The van der Waals surface area contributed by atoms with Gasteiger partial charge in [-0.3, -0.25) is 0 Å². The van der Waals surface area contributed by atoms with E-state index in [1.807, 2.05) is 66.7 Å². The molecular formula is C49H29N3O3. The number of amidine groups is 2. The van der Waals surface area contributed by atoms with E-state index in [2.05, 4.69) is 102 Å². The average molecular weight is 708 g/mol. The minimum Gasteiger partial charge on any atom is -0.456 e. The molecule has 6 nitrogen and oxygen atoms in total. The van der Waals surface area contributed by atoms with Crippen molar-refractivity contribution in [2.24, 2.45) is 9.98 Å². The second kappa shape index (κ2) is 11.5. The topological polar surface area (TPSA) is 76.2 Å². The van der Waals surface area contributed by atoms with Gasteiger partial charge in [-0.15, -0.1) is 0 Å². The highest BCUT2D eigenvalue weighted by Crippen LogP contribution is 2.45. The van der Waals surface area contributed by atoms with Gasteiger partial charge in [0.2, 0.25) is 0 Å². The van der Waals surface area contributed by atoms with Gasteiger partial charge in [-0.1, -0.05) is 127 Å². The number of furan rings is 3. The Morgan fingerprint density at radius 3 is 1.69 bits per heavy atom. The van der Waals surface area contributed by atoms with Crippen molar-refractivity contribution in [1.82, 2.24) is 5.32 Å². The van der Waals surface area contributed by atoms with Crippen molar-refractivity contribution in [3.8, 4) is 11.1 Å². The van der Waals surface area contributed by atoms with E-state index in [0.717, 1.165) is 111 Å². The molecular weight excluding hydrogens is 679 g/mol. The standard InChI is InChI=1S/C49H29N3O3/c1-2-12-29-27-30(24-23-28(29)11-1)47-50-48(36-17-10-22-42-44(36)34-14-4-7-19-39(34)54-42)52-49(51-47)37-26-25-32(46-45(37)35-15-5-8-20-40(35)55-46)31-16-9-21-41-43(31)33-13-3-6-18-38(33)53-41/h1-27,49H,(H,50,51,52). The predicted molar refractivity (Wildman–Crippen MR) is 223 cm³/mol. The van der Waals surface area contributed by atoms with Crippen LogP contribution in [0.4, 0.5) is 0 Å². The van der Waals surface area contributed by atoms with Crippen molar-refractivity contribution in [3.05, 3.63) is 180 Å². The van der Waals surface area contributed by atoms with Crippen LogP contribution < -0.4 is 5.32 Å². The maximum absolute atomic E-state index is 6.82. The van der Waals surface area contributed by atoms with Crippen LogP contribution in [0.25, 0.3) is 87.7 Å². The number of fused-ring (bicyclic) bond motifs is 10. The van der Waals surface area contributed by atoms with E-state index in [-0.39, 0.29) is 0 Å². The minimum atomic E-state index is -0.589. The summed E-state index contributed by atoms with van der Waals surface area (Å²) in [7, 11) is 0. The fourth-order valence-electron chi connectivity index (χ4n) is 8.46. The summed E-state index contributed by atoms with van der Waals surface area (Å²) in [6.45, 7) is 0. The zero-order valence-electron chi connectivity index (χ0n) is 29.3. The molecule has 12 rings (SSSR count). The molecule has 0 aliphatic carbocycles. The maximum Gasteiger partial charge on any atom is 0.170 e. The predicted octanol–water partition coefficient (Wildman–Crippen LogP) is 12.7. The Morgan fingerprint density at radius 2 is 0.964 bits per heavy atom. The van der Waals surface area contributed by atoms with E-state index >= 15 is 0 Å². The van der Waals surface area contributed by atoms with Crippen LogP contribution in [0.15, 0.2) is 187 Å². The number of aliphatic imine (C=N–C) groups is 2. The van der Waals surface area contributed by atoms with Crippen LogP contribution >= 0.6 is 0 Å². The third-order valence-electron chi connectivity index (χ3n) is 10.9. The molecule has 1 N–H and O–H groups in total. The van der Waals surface area contributed by atoms with E-state index in [9.17, 15) is 0 Å². The molecule has 0 fully saturated rings. The fraction of sp³-hybridized carbons (Fsp3) is 0.0204. The summed E-state index contributed by atoms with van der Waals surface area (Å²) in [5.74, 6) is 1.46. The molecule has 258 valence electrons. The lowest BCUT2D eigenvalue weighted by atomic mass is 9.94. The Labute approximate surface area is 313 Å². The van der Waals surface area contributed by atoms with Crippen molar-refractivity contribution in [2.45, 2.75) is 6.17 Å². The average Bonchev–Trinajstić information content (AvgIpc) is 3.95. The first-order valence-corrected chi connectivity index (χ1v) is 18.4. The van der Waals surface area contributed by atoms with E-state index in [4.69, 9.17) is 23.2 Å².